The fraction of sp³-hybridized carbons (Fsp3) is 0. The molecule has 19 heavy (non-hydrogen) atoms. The van der Waals surface area contributed by atoms with E-state index in [4.69, 9.17) is 0 Å². The van der Waals surface area contributed by atoms with Gasteiger partial charge in [0.25, 0.3) is 5.91 Å². The molecule has 0 bridgehead atoms. The molecule has 0 aliphatic rings. The fourth-order valence-corrected chi connectivity index (χ4v) is 1.83. The second-order valence-corrected chi connectivity index (χ2v) is 4.00. The number of phenolic OH excluding ortho intramolecular Hbond substituents is 2. The Morgan fingerprint density at radius 1 is 1.11 bits per heavy atom. The number of nitrogens with zero attached hydrogens (tertiary/aromatic N) is 3. The van der Waals surface area contributed by atoms with Gasteiger partial charge in [0.2, 0.25) is 0 Å². The standard InChI is InChI=1S/C13H9N3O3/c17-8-5-6-9(12(18)7-8)13(19)16-11-4-2-1-3-10(11)14-15-16/h1-7,17-18H. The van der Waals surface area contributed by atoms with Gasteiger partial charge in [-0.2, -0.15) is 4.68 Å². The van der Waals surface area contributed by atoms with Crippen molar-refractivity contribution >= 4 is 16.9 Å². The highest BCUT2D eigenvalue weighted by molar-refractivity contribution is 6.02. The third kappa shape index (κ3) is 1.79. The molecule has 0 radical (unpaired) electrons. The predicted molar refractivity (Wildman–Crippen MR) is 67.0 cm³/mol. The molecule has 6 heteroatoms. The van der Waals surface area contributed by atoms with Crippen LogP contribution < -0.4 is 0 Å². The number of phenols is 2. The van der Waals surface area contributed by atoms with Crippen LogP contribution >= 0.6 is 0 Å². The average molecular weight is 255 g/mol. The largest absolute Gasteiger partial charge is 0.508 e. The number of para-hydroxylation sites is 1. The van der Waals surface area contributed by atoms with Gasteiger partial charge in [-0.3, -0.25) is 4.79 Å². The molecule has 0 saturated heterocycles. The second-order valence-electron chi connectivity index (χ2n) is 4.00. The van der Waals surface area contributed by atoms with Gasteiger partial charge in [0.05, 0.1) is 11.1 Å². The van der Waals surface area contributed by atoms with Gasteiger partial charge in [-0.05, 0) is 24.3 Å². The molecule has 0 spiro atoms. The van der Waals surface area contributed by atoms with Crippen molar-refractivity contribution in [2.24, 2.45) is 0 Å². The van der Waals surface area contributed by atoms with Crippen LogP contribution in [-0.2, 0) is 0 Å². The van der Waals surface area contributed by atoms with Crippen LogP contribution in [0, 0.1) is 0 Å². The molecule has 6 nitrogen and oxygen atoms in total. The van der Waals surface area contributed by atoms with Crippen LogP contribution in [0.15, 0.2) is 42.5 Å². The third-order valence-corrected chi connectivity index (χ3v) is 2.76. The van der Waals surface area contributed by atoms with E-state index in [2.05, 4.69) is 10.3 Å². The Hall–Kier alpha value is -2.89. The number of fused-ring (bicyclic) bond motifs is 1. The summed E-state index contributed by atoms with van der Waals surface area (Å²) in [6, 6.07) is 10.8. The van der Waals surface area contributed by atoms with Gasteiger partial charge < -0.3 is 10.2 Å². The third-order valence-electron chi connectivity index (χ3n) is 2.76. The van der Waals surface area contributed by atoms with E-state index < -0.39 is 5.91 Å². The minimum absolute atomic E-state index is 0.0495. The minimum atomic E-state index is -0.508. The van der Waals surface area contributed by atoms with Gasteiger partial charge in [0.1, 0.15) is 17.0 Å². The molecule has 1 aromatic heterocycles. The van der Waals surface area contributed by atoms with Crippen LogP contribution in [0.4, 0.5) is 0 Å². The number of hydrogen-bond donors (Lipinski definition) is 2. The van der Waals surface area contributed by atoms with Crippen molar-refractivity contribution in [2.75, 3.05) is 0 Å². The zero-order valence-corrected chi connectivity index (χ0v) is 9.69. The molecule has 0 aliphatic heterocycles. The molecule has 3 aromatic rings. The van der Waals surface area contributed by atoms with E-state index in [0.29, 0.717) is 11.0 Å². The Morgan fingerprint density at radius 3 is 2.68 bits per heavy atom. The van der Waals surface area contributed by atoms with Crippen LogP contribution in [0.1, 0.15) is 10.4 Å². The Kier molecular flexibility index (Phi) is 2.42. The first-order valence-electron chi connectivity index (χ1n) is 5.54. The summed E-state index contributed by atoms with van der Waals surface area (Å²) in [5.41, 5.74) is 1.20. The Bertz CT molecular complexity index is 780. The molecule has 1 heterocycles. The van der Waals surface area contributed by atoms with Crippen molar-refractivity contribution in [2.45, 2.75) is 0 Å². The van der Waals surface area contributed by atoms with Gasteiger partial charge in [-0.1, -0.05) is 17.3 Å². The van der Waals surface area contributed by atoms with Gasteiger partial charge in [0, 0.05) is 6.07 Å². The summed E-state index contributed by atoms with van der Waals surface area (Å²) in [4.78, 5) is 12.3. The molecule has 0 atom stereocenters. The Labute approximate surface area is 107 Å². The number of aromatic hydroxyl groups is 2. The lowest BCUT2D eigenvalue weighted by Gasteiger charge is -2.04. The van der Waals surface area contributed by atoms with Gasteiger partial charge in [0.15, 0.2) is 0 Å². The van der Waals surface area contributed by atoms with Crippen molar-refractivity contribution in [3.8, 4) is 11.5 Å². The SMILES string of the molecule is O=C(c1ccc(O)cc1O)n1nnc2ccccc21. The first kappa shape index (κ1) is 11.2. The summed E-state index contributed by atoms with van der Waals surface area (Å²) in [7, 11) is 0. The van der Waals surface area contributed by atoms with Crippen molar-refractivity contribution in [1.29, 1.82) is 0 Å². The van der Waals surface area contributed by atoms with Crippen LogP contribution in [0.3, 0.4) is 0 Å². The summed E-state index contributed by atoms with van der Waals surface area (Å²) in [5, 5.41) is 26.6. The van der Waals surface area contributed by atoms with Crippen LogP contribution in [0.2, 0.25) is 0 Å². The molecular formula is C13H9N3O3. The Balaban J connectivity index is 2.13. The Morgan fingerprint density at radius 2 is 1.89 bits per heavy atom. The van der Waals surface area contributed by atoms with E-state index in [-0.39, 0.29) is 17.1 Å². The number of carbonyl (C=O) groups excluding carboxylic acids is 1. The highest BCUT2D eigenvalue weighted by Crippen LogP contribution is 2.24. The second kappa shape index (κ2) is 4.09. The topological polar surface area (TPSA) is 88.2 Å². The summed E-state index contributed by atoms with van der Waals surface area (Å²) >= 11 is 0. The predicted octanol–water partition coefficient (Wildman–Crippen LogP) is 1.53. The van der Waals surface area contributed by atoms with E-state index in [1.54, 1.807) is 24.3 Å². The summed E-state index contributed by atoms with van der Waals surface area (Å²) in [6.07, 6.45) is 0. The van der Waals surface area contributed by atoms with Crippen molar-refractivity contribution in [3.05, 3.63) is 48.0 Å². The quantitative estimate of drug-likeness (QED) is 0.688. The van der Waals surface area contributed by atoms with Crippen molar-refractivity contribution < 1.29 is 15.0 Å². The van der Waals surface area contributed by atoms with Crippen molar-refractivity contribution in [3.63, 3.8) is 0 Å². The summed E-state index contributed by atoms with van der Waals surface area (Å²) in [6.45, 7) is 0. The first-order valence-corrected chi connectivity index (χ1v) is 5.54. The smallest absolute Gasteiger partial charge is 0.283 e. The van der Waals surface area contributed by atoms with E-state index in [0.717, 1.165) is 10.7 Å². The van der Waals surface area contributed by atoms with E-state index >= 15 is 0 Å². The molecule has 0 unspecified atom stereocenters. The average Bonchev–Trinajstić information content (AvgIpc) is 2.82. The van der Waals surface area contributed by atoms with E-state index in [1.165, 1.54) is 12.1 Å². The van der Waals surface area contributed by atoms with Gasteiger partial charge >= 0.3 is 0 Å². The normalized spacial score (nSPS) is 10.7. The van der Waals surface area contributed by atoms with Crippen LogP contribution in [-0.4, -0.2) is 31.1 Å². The lowest BCUT2D eigenvalue weighted by atomic mass is 10.2. The zero-order chi connectivity index (χ0) is 13.4. The monoisotopic (exact) mass is 255 g/mol. The number of benzene rings is 2. The summed E-state index contributed by atoms with van der Waals surface area (Å²) < 4.78 is 1.11. The molecule has 0 fully saturated rings. The maximum Gasteiger partial charge on any atom is 0.283 e. The molecule has 0 saturated carbocycles. The number of hydrogen-bond acceptors (Lipinski definition) is 5. The molecule has 3 rings (SSSR count). The number of aromatic nitrogens is 3. The maximum absolute atomic E-state index is 12.3. The molecule has 2 aromatic carbocycles. The van der Waals surface area contributed by atoms with Gasteiger partial charge in [-0.25, -0.2) is 0 Å². The molecule has 0 amide bonds. The lowest BCUT2D eigenvalue weighted by molar-refractivity contribution is 0.0945. The highest BCUT2D eigenvalue weighted by atomic mass is 16.3. The summed E-state index contributed by atoms with van der Waals surface area (Å²) in [5.74, 6) is -0.923. The molecule has 0 aliphatic carbocycles. The zero-order valence-electron chi connectivity index (χ0n) is 9.69. The maximum atomic E-state index is 12.3. The van der Waals surface area contributed by atoms with E-state index in [1.807, 2.05) is 0 Å². The fourth-order valence-electron chi connectivity index (χ4n) is 1.83. The van der Waals surface area contributed by atoms with Crippen LogP contribution in [0.25, 0.3) is 11.0 Å². The van der Waals surface area contributed by atoms with Gasteiger partial charge in [-0.15, -0.1) is 5.10 Å². The number of carbonyl (C=O) groups is 1. The molecule has 94 valence electrons. The molecular weight excluding hydrogens is 246 g/mol. The van der Waals surface area contributed by atoms with E-state index in [9.17, 15) is 15.0 Å². The van der Waals surface area contributed by atoms with Crippen LogP contribution in [0.5, 0.6) is 11.5 Å². The minimum Gasteiger partial charge on any atom is -0.508 e. The first-order chi connectivity index (χ1) is 9.16. The highest BCUT2D eigenvalue weighted by Gasteiger charge is 2.17. The number of rotatable bonds is 1. The molecule has 2 N–H and O–H groups in total. The lowest BCUT2D eigenvalue weighted by Crippen LogP contribution is -2.13. The van der Waals surface area contributed by atoms with Crippen molar-refractivity contribution in [1.82, 2.24) is 15.0 Å².